The molecule has 2 aromatic rings. The van der Waals surface area contributed by atoms with E-state index in [1.807, 2.05) is 30.3 Å². The normalized spacial score (nSPS) is 20.1. The van der Waals surface area contributed by atoms with Gasteiger partial charge in [0.2, 0.25) is 0 Å². The lowest BCUT2D eigenvalue weighted by Gasteiger charge is -2.36. The third-order valence-electron chi connectivity index (χ3n) is 6.62. The smallest absolute Gasteiger partial charge is 0.163 e. The van der Waals surface area contributed by atoms with Gasteiger partial charge in [0.15, 0.2) is 5.78 Å². The second-order valence-electron chi connectivity index (χ2n) is 8.53. The van der Waals surface area contributed by atoms with E-state index in [0.29, 0.717) is 6.42 Å². The number of benzene rings is 2. The fourth-order valence-electron chi connectivity index (χ4n) is 5.14. The average Bonchev–Trinajstić information content (AvgIpc) is 3.10. The molecule has 4 rings (SSSR count). The van der Waals surface area contributed by atoms with Gasteiger partial charge in [0, 0.05) is 17.4 Å². The quantitative estimate of drug-likeness (QED) is 0.626. The Morgan fingerprint density at radius 3 is 2.65 bits per heavy atom. The Hall–Kier alpha value is -3.14. The van der Waals surface area contributed by atoms with Gasteiger partial charge >= 0.3 is 0 Å². The number of methoxy groups -OCH3 is 1. The molecule has 0 radical (unpaired) electrons. The average molecular weight is 416 g/mol. The molecule has 0 saturated heterocycles. The van der Waals surface area contributed by atoms with E-state index in [-0.39, 0.29) is 11.2 Å². The van der Waals surface area contributed by atoms with E-state index in [4.69, 9.17) is 4.74 Å². The molecule has 1 atom stereocenters. The second-order valence-corrected chi connectivity index (χ2v) is 8.53. The molecule has 0 fully saturated rings. The molecular weight excluding hydrogens is 388 g/mol. The van der Waals surface area contributed by atoms with E-state index in [9.17, 15) is 14.7 Å². The first kappa shape index (κ1) is 21.1. The summed E-state index contributed by atoms with van der Waals surface area (Å²) in [6.07, 6.45) is 8.22. The zero-order chi connectivity index (χ0) is 22.0. The number of carbonyl (C=O) groups excluding carboxylic acids is 2. The molecule has 4 heteroatoms. The Morgan fingerprint density at radius 2 is 1.97 bits per heavy atom. The van der Waals surface area contributed by atoms with Crippen LogP contribution in [0.25, 0.3) is 17.2 Å². The van der Waals surface area contributed by atoms with Gasteiger partial charge in [-0.25, -0.2) is 0 Å². The minimum Gasteiger partial charge on any atom is -0.545 e. The highest BCUT2D eigenvalue weighted by molar-refractivity contribution is 6.30. The number of aliphatic carboxylic acids is 1. The van der Waals surface area contributed by atoms with Crippen molar-refractivity contribution >= 4 is 29.0 Å². The molecule has 4 nitrogen and oxygen atoms in total. The summed E-state index contributed by atoms with van der Waals surface area (Å²) in [7, 11) is 1.68. The summed E-state index contributed by atoms with van der Waals surface area (Å²) >= 11 is 0. The van der Waals surface area contributed by atoms with Crippen LogP contribution in [0.5, 0.6) is 5.75 Å². The van der Waals surface area contributed by atoms with Gasteiger partial charge in [-0.05, 0) is 65.3 Å². The number of Topliss-reactive ketones (excluding diaryl/α,β-unsaturated/α-hetero) is 1. The number of carboxylic acid groups (broad SMARTS) is 1. The number of carbonyl (C=O) groups is 2. The molecule has 0 heterocycles. The molecule has 0 saturated carbocycles. The molecule has 1 unspecified atom stereocenters. The molecule has 2 aliphatic rings. The topological polar surface area (TPSA) is 66.4 Å². The minimum atomic E-state index is -1.23. The predicted octanol–water partition coefficient (Wildman–Crippen LogP) is 4.46. The van der Waals surface area contributed by atoms with Crippen LogP contribution in [0, 0.1) is 5.41 Å². The van der Waals surface area contributed by atoms with Crippen LogP contribution in [0.1, 0.15) is 61.3 Å². The van der Waals surface area contributed by atoms with Crippen LogP contribution in [0.3, 0.4) is 0 Å². The van der Waals surface area contributed by atoms with E-state index in [1.165, 1.54) is 22.8 Å². The maximum absolute atomic E-state index is 13.2. The SMILES string of the molecule is CCCCC12CCC(=O)C(c3ccc(/C=C/C(=O)[O-])cc3)=C1c1ccc(OC)cc1C2. The fraction of sp³-hybridized carbons (Fsp3) is 0.333. The number of fused-ring (bicyclic) bond motifs is 3. The van der Waals surface area contributed by atoms with Crippen LogP contribution in [0.15, 0.2) is 48.5 Å². The first-order valence-electron chi connectivity index (χ1n) is 10.9. The standard InChI is InChI=1S/C27H28O4/c1-3-4-14-27-15-13-23(28)25(19-8-5-18(6-9-19)7-12-24(29)30)26(27)22-11-10-21(31-2)16-20(22)17-27/h5-12,16H,3-4,13-15,17H2,1-2H3,(H,29,30)/p-1/b12-7+. The summed E-state index contributed by atoms with van der Waals surface area (Å²) < 4.78 is 5.46. The Kier molecular flexibility index (Phi) is 5.81. The first-order valence-corrected chi connectivity index (χ1v) is 10.9. The lowest BCUT2D eigenvalue weighted by atomic mass is 9.66. The van der Waals surface area contributed by atoms with Crippen molar-refractivity contribution < 1.29 is 19.4 Å². The number of ether oxygens (including phenoxy) is 1. The number of hydrogen-bond donors (Lipinski definition) is 0. The molecule has 2 aromatic carbocycles. The lowest BCUT2D eigenvalue weighted by molar-refractivity contribution is -0.297. The molecule has 31 heavy (non-hydrogen) atoms. The molecule has 0 spiro atoms. The largest absolute Gasteiger partial charge is 0.545 e. The van der Waals surface area contributed by atoms with Crippen molar-refractivity contribution in [3.63, 3.8) is 0 Å². The van der Waals surface area contributed by atoms with Crippen molar-refractivity contribution in [2.24, 2.45) is 5.41 Å². The Balaban J connectivity index is 1.86. The Labute approximate surface area is 183 Å². The summed E-state index contributed by atoms with van der Waals surface area (Å²) in [5.74, 6) is -0.195. The molecular formula is C27H27O4-. The van der Waals surface area contributed by atoms with Crippen molar-refractivity contribution in [1.82, 2.24) is 0 Å². The third kappa shape index (κ3) is 3.95. The first-order chi connectivity index (χ1) is 15.0. The van der Waals surface area contributed by atoms with Crippen LogP contribution in [-0.4, -0.2) is 18.9 Å². The van der Waals surface area contributed by atoms with Gasteiger partial charge < -0.3 is 14.6 Å². The van der Waals surface area contributed by atoms with Crippen molar-refractivity contribution in [3.8, 4) is 5.75 Å². The van der Waals surface area contributed by atoms with E-state index in [0.717, 1.165) is 60.6 Å². The van der Waals surface area contributed by atoms with Crippen molar-refractivity contribution in [3.05, 3.63) is 70.8 Å². The Morgan fingerprint density at radius 1 is 1.19 bits per heavy atom. The van der Waals surface area contributed by atoms with Gasteiger partial charge in [-0.15, -0.1) is 0 Å². The predicted molar refractivity (Wildman–Crippen MR) is 120 cm³/mol. The number of hydrogen-bond acceptors (Lipinski definition) is 4. The number of allylic oxidation sites excluding steroid dienone is 2. The van der Waals surface area contributed by atoms with Crippen LogP contribution in [0.2, 0.25) is 0 Å². The fourth-order valence-corrected chi connectivity index (χ4v) is 5.14. The molecule has 0 aromatic heterocycles. The molecule has 2 aliphatic carbocycles. The van der Waals surface area contributed by atoms with E-state index < -0.39 is 5.97 Å². The zero-order valence-electron chi connectivity index (χ0n) is 18.1. The zero-order valence-corrected chi connectivity index (χ0v) is 18.1. The van der Waals surface area contributed by atoms with Crippen molar-refractivity contribution in [2.75, 3.05) is 7.11 Å². The summed E-state index contributed by atoms with van der Waals surface area (Å²) in [6.45, 7) is 2.21. The van der Waals surface area contributed by atoms with Gasteiger partial charge in [0.1, 0.15) is 5.75 Å². The third-order valence-corrected chi connectivity index (χ3v) is 6.62. The Bertz CT molecular complexity index is 1070. The highest BCUT2D eigenvalue weighted by Gasteiger charge is 2.46. The van der Waals surface area contributed by atoms with Crippen molar-refractivity contribution in [2.45, 2.75) is 45.4 Å². The van der Waals surface area contributed by atoms with Gasteiger partial charge in [-0.3, -0.25) is 4.79 Å². The number of unbranched alkanes of at least 4 members (excludes halogenated alkanes) is 1. The highest BCUT2D eigenvalue weighted by Crippen LogP contribution is 2.58. The monoisotopic (exact) mass is 415 g/mol. The van der Waals surface area contributed by atoms with Crippen LogP contribution >= 0.6 is 0 Å². The molecule has 0 bridgehead atoms. The van der Waals surface area contributed by atoms with Gasteiger partial charge in [0.25, 0.3) is 0 Å². The van der Waals surface area contributed by atoms with Crippen molar-refractivity contribution in [1.29, 1.82) is 0 Å². The lowest BCUT2D eigenvalue weighted by Crippen LogP contribution is -2.28. The van der Waals surface area contributed by atoms with E-state index in [1.54, 1.807) is 7.11 Å². The molecule has 160 valence electrons. The highest BCUT2D eigenvalue weighted by atomic mass is 16.5. The van der Waals surface area contributed by atoms with Crippen LogP contribution in [-0.2, 0) is 16.0 Å². The van der Waals surface area contributed by atoms with Gasteiger partial charge in [-0.1, -0.05) is 56.2 Å². The molecule has 0 aliphatic heterocycles. The summed E-state index contributed by atoms with van der Waals surface area (Å²) in [4.78, 5) is 23.9. The van der Waals surface area contributed by atoms with Gasteiger partial charge in [0.05, 0.1) is 13.1 Å². The van der Waals surface area contributed by atoms with Gasteiger partial charge in [-0.2, -0.15) is 0 Å². The summed E-state index contributed by atoms with van der Waals surface area (Å²) in [6, 6.07) is 13.7. The summed E-state index contributed by atoms with van der Waals surface area (Å²) in [5, 5.41) is 10.7. The summed E-state index contributed by atoms with van der Waals surface area (Å²) in [5.41, 5.74) is 6.08. The molecule has 0 amide bonds. The molecule has 0 N–H and O–H groups in total. The number of ketones is 1. The minimum absolute atomic E-state index is 0.0124. The number of carboxylic acids is 1. The second kappa shape index (κ2) is 8.54. The van der Waals surface area contributed by atoms with Crippen LogP contribution < -0.4 is 9.84 Å². The maximum Gasteiger partial charge on any atom is 0.163 e. The van der Waals surface area contributed by atoms with E-state index >= 15 is 0 Å². The van der Waals surface area contributed by atoms with Crippen LogP contribution in [0.4, 0.5) is 0 Å². The number of rotatable bonds is 7. The maximum atomic E-state index is 13.2. The van der Waals surface area contributed by atoms with E-state index in [2.05, 4.69) is 19.1 Å².